The van der Waals surface area contributed by atoms with Crippen LogP contribution in [-0.2, 0) is 11.2 Å². The zero-order valence-electron chi connectivity index (χ0n) is 12.1. The van der Waals surface area contributed by atoms with E-state index >= 15 is 0 Å². The van der Waals surface area contributed by atoms with Crippen molar-refractivity contribution >= 4 is 11.6 Å². The molecule has 1 aromatic carbocycles. The van der Waals surface area contributed by atoms with Gasteiger partial charge < -0.3 is 10.1 Å². The normalized spacial score (nSPS) is 22.9. The van der Waals surface area contributed by atoms with Crippen LogP contribution in [0.3, 0.4) is 0 Å². The first kappa shape index (κ1) is 15.7. The summed E-state index contributed by atoms with van der Waals surface area (Å²) in [7, 11) is 0. The average Bonchev–Trinajstić information content (AvgIpc) is 2.44. The van der Waals surface area contributed by atoms with Gasteiger partial charge in [0.1, 0.15) is 5.82 Å². The number of nitrogens with one attached hydrogen (secondary N) is 1. The van der Waals surface area contributed by atoms with Crippen LogP contribution in [0.5, 0.6) is 0 Å². The second kappa shape index (κ2) is 7.39. The van der Waals surface area contributed by atoms with Gasteiger partial charge in [-0.2, -0.15) is 0 Å². The molecule has 1 saturated heterocycles. The van der Waals surface area contributed by atoms with E-state index in [1.54, 1.807) is 12.1 Å². The van der Waals surface area contributed by atoms with E-state index in [4.69, 9.17) is 16.3 Å². The van der Waals surface area contributed by atoms with Crippen molar-refractivity contribution in [2.45, 2.75) is 32.6 Å². The summed E-state index contributed by atoms with van der Waals surface area (Å²) in [6.07, 6.45) is 3.88. The second-order valence-corrected chi connectivity index (χ2v) is 6.18. The highest BCUT2D eigenvalue weighted by Crippen LogP contribution is 2.33. The van der Waals surface area contributed by atoms with Crippen molar-refractivity contribution < 1.29 is 9.13 Å². The lowest BCUT2D eigenvalue weighted by Gasteiger charge is -2.37. The number of halogens is 2. The van der Waals surface area contributed by atoms with Gasteiger partial charge in [0, 0.05) is 23.6 Å². The first-order valence-electron chi connectivity index (χ1n) is 7.38. The summed E-state index contributed by atoms with van der Waals surface area (Å²) in [4.78, 5) is 0. The minimum absolute atomic E-state index is 0.0149. The fourth-order valence-corrected chi connectivity index (χ4v) is 3.06. The molecule has 2 rings (SSSR count). The predicted octanol–water partition coefficient (Wildman–Crippen LogP) is 3.82. The van der Waals surface area contributed by atoms with Gasteiger partial charge in [0.05, 0.1) is 6.61 Å². The van der Waals surface area contributed by atoms with Crippen LogP contribution in [0.15, 0.2) is 18.2 Å². The predicted molar refractivity (Wildman–Crippen MR) is 80.8 cm³/mol. The summed E-state index contributed by atoms with van der Waals surface area (Å²) in [5, 5.41) is 4.06. The number of hydrogen-bond donors (Lipinski definition) is 1. The van der Waals surface area contributed by atoms with E-state index in [0.717, 1.165) is 39.0 Å². The Kier molecular flexibility index (Phi) is 5.82. The van der Waals surface area contributed by atoms with Gasteiger partial charge in [0.25, 0.3) is 0 Å². The fourth-order valence-electron chi connectivity index (χ4n) is 2.86. The molecule has 1 aliphatic heterocycles. The van der Waals surface area contributed by atoms with Crippen molar-refractivity contribution in [3.05, 3.63) is 34.6 Å². The Labute approximate surface area is 125 Å². The fraction of sp³-hybridized carbons (Fsp3) is 0.625. The Hall–Kier alpha value is -0.640. The highest BCUT2D eigenvalue weighted by Gasteiger charge is 2.33. The molecule has 20 heavy (non-hydrogen) atoms. The lowest BCUT2D eigenvalue weighted by Crippen LogP contribution is -2.43. The molecule has 0 aliphatic carbocycles. The molecule has 0 radical (unpaired) electrons. The second-order valence-electron chi connectivity index (χ2n) is 5.75. The minimum atomic E-state index is -0.171. The Morgan fingerprint density at radius 1 is 1.45 bits per heavy atom. The van der Waals surface area contributed by atoms with Crippen LogP contribution in [0.25, 0.3) is 0 Å². The number of hydrogen-bond acceptors (Lipinski definition) is 2. The van der Waals surface area contributed by atoms with Gasteiger partial charge in [0.15, 0.2) is 0 Å². The van der Waals surface area contributed by atoms with Crippen molar-refractivity contribution in [2.75, 3.05) is 26.3 Å². The van der Waals surface area contributed by atoms with Crippen molar-refractivity contribution in [2.24, 2.45) is 5.41 Å². The van der Waals surface area contributed by atoms with Gasteiger partial charge in [-0.1, -0.05) is 18.5 Å². The molecule has 4 heteroatoms. The van der Waals surface area contributed by atoms with Gasteiger partial charge in [-0.05, 0) is 56.0 Å². The quantitative estimate of drug-likeness (QED) is 0.806. The smallest absolute Gasteiger partial charge is 0.126 e. The first-order chi connectivity index (χ1) is 9.65. The Balaban J connectivity index is 2.12. The molecule has 0 spiro atoms. The van der Waals surface area contributed by atoms with Gasteiger partial charge in [-0.3, -0.25) is 0 Å². The Morgan fingerprint density at radius 3 is 3.00 bits per heavy atom. The van der Waals surface area contributed by atoms with E-state index in [1.165, 1.54) is 6.07 Å². The molecule has 1 aliphatic rings. The van der Waals surface area contributed by atoms with Gasteiger partial charge in [-0.25, -0.2) is 4.39 Å². The van der Waals surface area contributed by atoms with Crippen molar-refractivity contribution in [1.82, 2.24) is 5.32 Å². The minimum Gasteiger partial charge on any atom is -0.381 e. The van der Waals surface area contributed by atoms with Crippen molar-refractivity contribution in [3.8, 4) is 0 Å². The summed E-state index contributed by atoms with van der Waals surface area (Å²) in [5.74, 6) is -0.171. The van der Waals surface area contributed by atoms with E-state index in [-0.39, 0.29) is 11.2 Å². The molecule has 1 atom stereocenters. The zero-order valence-corrected chi connectivity index (χ0v) is 12.8. The van der Waals surface area contributed by atoms with E-state index < -0.39 is 0 Å². The molecule has 0 aromatic heterocycles. The van der Waals surface area contributed by atoms with E-state index in [9.17, 15) is 4.39 Å². The van der Waals surface area contributed by atoms with E-state index in [2.05, 4.69) is 12.2 Å². The van der Waals surface area contributed by atoms with E-state index in [0.29, 0.717) is 23.6 Å². The zero-order chi connectivity index (χ0) is 14.4. The molecule has 1 heterocycles. The largest absolute Gasteiger partial charge is 0.381 e. The van der Waals surface area contributed by atoms with Crippen molar-refractivity contribution in [3.63, 3.8) is 0 Å². The summed E-state index contributed by atoms with van der Waals surface area (Å²) in [6, 6.07) is 4.79. The number of rotatable bonds is 6. The van der Waals surface area contributed by atoms with Gasteiger partial charge in [-0.15, -0.1) is 0 Å². The molecule has 1 fully saturated rings. The molecular formula is C16H23ClFNO. The van der Waals surface area contributed by atoms with Crippen LogP contribution in [0.1, 0.15) is 31.7 Å². The summed E-state index contributed by atoms with van der Waals surface area (Å²) < 4.78 is 19.6. The van der Waals surface area contributed by atoms with Crippen LogP contribution in [0, 0.1) is 11.2 Å². The van der Waals surface area contributed by atoms with Crippen LogP contribution in [-0.4, -0.2) is 26.3 Å². The molecular weight excluding hydrogens is 277 g/mol. The van der Waals surface area contributed by atoms with Crippen LogP contribution in [0.2, 0.25) is 5.02 Å². The van der Waals surface area contributed by atoms with Crippen molar-refractivity contribution in [1.29, 1.82) is 0 Å². The third kappa shape index (κ3) is 4.18. The number of ether oxygens (including phenoxy) is 1. The standard InChI is InChI=1S/C16H23ClFNO/c1-2-7-19-11-16(6-3-8-20-12-16)10-13-9-14(17)4-5-15(13)18/h4-5,9,19H,2-3,6-8,10-12H2,1H3. The lowest BCUT2D eigenvalue weighted by molar-refractivity contribution is -0.00744. The molecule has 112 valence electrons. The summed E-state index contributed by atoms with van der Waals surface area (Å²) in [5.41, 5.74) is 0.681. The van der Waals surface area contributed by atoms with Crippen LogP contribution < -0.4 is 5.32 Å². The van der Waals surface area contributed by atoms with Crippen LogP contribution >= 0.6 is 11.6 Å². The highest BCUT2D eigenvalue weighted by molar-refractivity contribution is 6.30. The molecule has 2 nitrogen and oxygen atoms in total. The Morgan fingerprint density at radius 2 is 2.30 bits per heavy atom. The highest BCUT2D eigenvalue weighted by atomic mass is 35.5. The van der Waals surface area contributed by atoms with Crippen LogP contribution in [0.4, 0.5) is 4.39 Å². The van der Waals surface area contributed by atoms with E-state index in [1.807, 2.05) is 0 Å². The summed E-state index contributed by atoms with van der Waals surface area (Å²) >= 11 is 5.99. The third-order valence-electron chi connectivity index (χ3n) is 3.90. The molecule has 1 unspecified atom stereocenters. The maximum atomic E-state index is 14.0. The topological polar surface area (TPSA) is 21.3 Å². The molecule has 1 aromatic rings. The van der Waals surface area contributed by atoms with Gasteiger partial charge >= 0.3 is 0 Å². The maximum Gasteiger partial charge on any atom is 0.126 e. The SMILES string of the molecule is CCCNCC1(Cc2cc(Cl)ccc2F)CCCOC1. The molecule has 0 bridgehead atoms. The molecule has 1 N–H and O–H groups in total. The number of benzene rings is 1. The lowest BCUT2D eigenvalue weighted by atomic mass is 9.77. The van der Waals surface area contributed by atoms with Gasteiger partial charge in [0.2, 0.25) is 0 Å². The maximum absolute atomic E-state index is 14.0. The first-order valence-corrected chi connectivity index (χ1v) is 7.75. The molecule has 0 saturated carbocycles. The molecule has 0 amide bonds. The summed E-state index contributed by atoms with van der Waals surface area (Å²) in [6.45, 7) is 5.50. The average molecular weight is 300 g/mol. The monoisotopic (exact) mass is 299 g/mol. The third-order valence-corrected chi connectivity index (χ3v) is 4.14. The Bertz CT molecular complexity index is 432.